The zero-order chi connectivity index (χ0) is 13.8. The second-order valence-corrected chi connectivity index (χ2v) is 3.70. The molecule has 0 spiro atoms. The van der Waals surface area contributed by atoms with Gasteiger partial charge in [-0.2, -0.15) is 0 Å². The summed E-state index contributed by atoms with van der Waals surface area (Å²) in [4.78, 5) is 10.4. The Bertz CT molecular complexity index is 613. The van der Waals surface area contributed by atoms with Crippen molar-refractivity contribution in [1.82, 2.24) is 0 Å². The first-order valence-electron chi connectivity index (χ1n) is 5.47. The molecule has 0 aliphatic heterocycles. The zero-order valence-corrected chi connectivity index (χ0v) is 10.2. The summed E-state index contributed by atoms with van der Waals surface area (Å²) < 4.78 is 10.6. The van der Waals surface area contributed by atoms with E-state index in [1.165, 1.54) is 19.2 Å². The second-order valence-electron chi connectivity index (χ2n) is 3.70. The Kier molecular flexibility index (Phi) is 3.51. The zero-order valence-electron chi connectivity index (χ0n) is 10.2. The smallest absolute Gasteiger partial charge is 0.334 e. The van der Waals surface area contributed by atoms with Crippen molar-refractivity contribution in [3.05, 3.63) is 52.6 Å². The Labute approximate surface area is 109 Å². The molecule has 0 bridgehead atoms. The number of para-hydroxylation sites is 3. The molecule has 2 aromatic carbocycles. The third-order valence-corrected chi connectivity index (χ3v) is 2.50. The second kappa shape index (κ2) is 5.26. The van der Waals surface area contributed by atoms with Crippen LogP contribution in [0.5, 0.6) is 17.2 Å². The average Bonchev–Trinajstić information content (AvgIpc) is 2.39. The fourth-order valence-corrected chi connectivity index (χ4v) is 1.64. The molecule has 2 N–H and O–H groups in total. The summed E-state index contributed by atoms with van der Waals surface area (Å²) in [7, 11) is 1.50. The molecule has 0 aliphatic rings. The van der Waals surface area contributed by atoms with E-state index in [4.69, 9.17) is 15.2 Å². The molecule has 0 radical (unpaired) electrons. The molecular formula is C13H12N2O4. The van der Waals surface area contributed by atoms with E-state index in [9.17, 15) is 10.1 Å². The Balaban J connectivity index is 2.44. The highest BCUT2D eigenvalue weighted by molar-refractivity contribution is 5.66. The molecule has 0 heterocycles. The summed E-state index contributed by atoms with van der Waals surface area (Å²) >= 11 is 0. The number of rotatable bonds is 4. The van der Waals surface area contributed by atoms with Gasteiger partial charge in [0.15, 0.2) is 11.5 Å². The summed E-state index contributed by atoms with van der Waals surface area (Å²) in [6, 6.07) is 11.4. The minimum atomic E-state index is -0.569. The molecule has 6 heteroatoms. The molecule has 2 rings (SSSR count). The van der Waals surface area contributed by atoms with Crippen LogP contribution in [0.25, 0.3) is 0 Å². The maximum atomic E-state index is 11.0. The average molecular weight is 260 g/mol. The van der Waals surface area contributed by atoms with Crippen LogP contribution in [0, 0.1) is 10.1 Å². The molecule has 0 amide bonds. The highest BCUT2D eigenvalue weighted by atomic mass is 16.6. The van der Waals surface area contributed by atoms with Crippen molar-refractivity contribution in [3.8, 4) is 17.2 Å². The molecule has 0 saturated carbocycles. The summed E-state index contributed by atoms with van der Waals surface area (Å²) in [5.41, 5.74) is 5.39. The largest absolute Gasteiger partial charge is 0.493 e. The first-order chi connectivity index (χ1) is 9.13. The fourth-order valence-electron chi connectivity index (χ4n) is 1.64. The standard InChI is InChI=1S/C13H12N2O4/c1-18-10-6-2-3-7-11(10)19-12-8-4-5-9(14)13(12)15(16)17/h2-8H,14H2,1H3. The first kappa shape index (κ1) is 12.7. The van der Waals surface area contributed by atoms with E-state index in [0.29, 0.717) is 11.5 Å². The van der Waals surface area contributed by atoms with Gasteiger partial charge in [0.05, 0.1) is 12.0 Å². The van der Waals surface area contributed by atoms with E-state index in [2.05, 4.69) is 0 Å². The van der Waals surface area contributed by atoms with Gasteiger partial charge in [0.25, 0.3) is 0 Å². The molecule has 2 aromatic rings. The SMILES string of the molecule is COc1ccccc1Oc1cccc(N)c1[N+](=O)[O-]. The molecule has 19 heavy (non-hydrogen) atoms. The molecule has 0 saturated heterocycles. The number of nitro benzene ring substituents is 1. The quantitative estimate of drug-likeness (QED) is 0.518. The van der Waals surface area contributed by atoms with E-state index in [-0.39, 0.29) is 17.1 Å². The van der Waals surface area contributed by atoms with E-state index >= 15 is 0 Å². The van der Waals surface area contributed by atoms with Gasteiger partial charge in [0.2, 0.25) is 5.75 Å². The molecule has 6 nitrogen and oxygen atoms in total. The lowest BCUT2D eigenvalue weighted by Crippen LogP contribution is -1.99. The van der Waals surface area contributed by atoms with Crippen LogP contribution in [-0.4, -0.2) is 12.0 Å². The van der Waals surface area contributed by atoms with Crippen molar-refractivity contribution >= 4 is 11.4 Å². The fraction of sp³-hybridized carbons (Fsp3) is 0.0769. The lowest BCUT2D eigenvalue weighted by atomic mass is 10.2. The lowest BCUT2D eigenvalue weighted by molar-refractivity contribution is -0.384. The van der Waals surface area contributed by atoms with E-state index in [0.717, 1.165) is 0 Å². The predicted octanol–water partition coefficient (Wildman–Crippen LogP) is 2.98. The molecule has 98 valence electrons. The van der Waals surface area contributed by atoms with Crippen LogP contribution in [0.4, 0.5) is 11.4 Å². The van der Waals surface area contributed by atoms with E-state index in [1.54, 1.807) is 30.3 Å². The highest BCUT2D eigenvalue weighted by Crippen LogP contribution is 2.38. The Morgan fingerprint density at radius 1 is 1.05 bits per heavy atom. The molecule has 0 atom stereocenters. The van der Waals surface area contributed by atoms with Crippen LogP contribution < -0.4 is 15.2 Å². The topological polar surface area (TPSA) is 87.6 Å². The highest BCUT2D eigenvalue weighted by Gasteiger charge is 2.20. The van der Waals surface area contributed by atoms with Crippen molar-refractivity contribution in [1.29, 1.82) is 0 Å². The summed E-state index contributed by atoms with van der Waals surface area (Å²) in [5.74, 6) is 0.951. The van der Waals surface area contributed by atoms with Gasteiger partial charge in [-0.05, 0) is 24.3 Å². The maximum absolute atomic E-state index is 11.0. The molecule has 0 aliphatic carbocycles. The number of ether oxygens (including phenoxy) is 2. The van der Waals surface area contributed by atoms with Crippen LogP contribution >= 0.6 is 0 Å². The van der Waals surface area contributed by atoms with Crippen LogP contribution in [-0.2, 0) is 0 Å². The van der Waals surface area contributed by atoms with Crippen LogP contribution in [0.2, 0.25) is 0 Å². The number of methoxy groups -OCH3 is 1. The van der Waals surface area contributed by atoms with Gasteiger partial charge in [0.1, 0.15) is 5.69 Å². The third-order valence-electron chi connectivity index (χ3n) is 2.50. The summed E-state index contributed by atoms with van der Waals surface area (Å²) in [5, 5.41) is 11.0. The van der Waals surface area contributed by atoms with Crippen molar-refractivity contribution < 1.29 is 14.4 Å². The maximum Gasteiger partial charge on any atom is 0.334 e. The predicted molar refractivity (Wildman–Crippen MR) is 70.6 cm³/mol. The van der Waals surface area contributed by atoms with Crippen LogP contribution in [0.3, 0.4) is 0 Å². The van der Waals surface area contributed by atoms with Crippen LogP contribution in [0.1, 0.15) is 0 Å². The Hall–Kier alpha value is -2.76. The number of hydrogen-bond acceptors (Lipinski definition) is 5. The van der Waals surface area contributed by atoms with Crippen LogP contribution in [0.15, 0.2) is 42.5 Å². The number of nitro groups is 1. The Morgan fingerprint density at radius 3 is 2.32 bits per heavy atom. The number of benzene rings is 2. The molecule has 0 fully saturated rings. The lowest BCUT2D eigenvalue weighted by Gasteiger charge is -2.10. The Morgan fingerprint density at radius 2 is 1.68 bits per heavy atom. The number of nitrogens with zero attached hydrogens (tertiary/aromatic N) is 1. The number of hydrogen-bond donors (Lipinski definition) is 1. The van der Waals surface area contributed by atoms with Gasteiger partial charge in [-0.25, -0.2) is 0 Å². The monoisotopic (exact) mass is 260 g/mol. The van der Waals surface area contributed by atoms with E-state index in [1.807, 2.05) is 0 Å². The molecular weight excluding hydrogens is 248 g/mol. The number of anilines is 1. The van der Waals surface area contributed by atoms with Crippen molar-refractivity contribution in [2.45, 2.75) is 0 Å². The van der Waals surface area contributed by atoms with E-state index < -0.39 is 4.92 Å². The summed E-state index contributed by atoms with van der Waals surface area (Å²) in [6.45, 7) is 0. The first-order valence-corrected chi connectivity index (χ1v) is 5.47. The molecule has 0 aromatic heterocycles. The minimum Gasteiger partial charge on any atom is -0.493 e. The van der Waals surface area contributed by atoms with Crippen molar-refractivity contribution in [2.75, 3.05) is 12.8 Å². The number of nitrogens with two attached hydrogens (primary N) is 1. The van der Waals surface area contributed by atoms with Crippen molar-refractivity contribution in [2.24, 2.45) is 0 Å². The third kappa shape index (κ3) is 2.57. The minimum absolute atomic E-state index is 0.0531. The van der Waals surface area contributed by atoms with Gasteiger partial charge in [0, 0.05) is 0 Å². The number of nitrogen functional groups attached to an aromatic ring is 1. The normalized spacial score (nSPS) is 9.95. The van der Waals surface area contributed by atoms with Gasteiger partial charge < -0.3 is 15.2 Å². The van der Waals surface area contributed by atoms with Crippen molar-refractivity contribution in [3.63, 3.8) is 0 Å². The van der Waals surface area contributed by atoms with Gasteiger partial charge in [-0.15, -0.1) is 0 Å². The molecule has 0 unspecified atom stereocenters. The van der Waals surface area contributed by atoms with Gasteiger partial charge >= 0.3 is 5.69 Å². The van der Waals surface area contributed by atoms with Gasteiger partial charge in [-0.3, -0.25) is 10.1 Å². The summed E-state index contributed by atoms with van der Waals surface area (Å²) in [6.07, 6.45) is 0. The van der Waals surface area contributed by atoms with Gasteiger partial charge in [-0.1, -0.05) is 18.2 Å².